The lowest BCUT2D eigenvalue weighted by molar-refractivity contribution is 0.192. The van der Waals surface area contributed by atoms with E-state index >= 15 is 0 Å². The smallest absolute Gasteiger partial charge is 0.128 e. The number of nitrogens with zero attached hydrogens (tertiary/aromatic N) is 3. The van der Waals surface area contributed by atoms with Crippen molar-refractivity contribution in [2.24, 2.45) is 0 Å². The molecule has 0 aromatic carbocycles. The van der Waals surface area contributed by atoms with Crippen LogP contribution in [0.4, 0.5) is 5.82 Å². The molecule has 1 aromatic rings. The lowest BCUT2D eigenvalue weighted by Gasteiger charge is -2.38. The predicted octanol–water partition coefficient (Wildman–Crippen LogP) is 2.06. The van der Waals surface area contributed by atoms with Gasteiger partial charge in [-0.05, 0) is 38.0 Å². The molecule has 0 aliphatic carbocycles. The third-order valence-corrected chi connectivity index (χ3v) is 4.10. The number of hydrogen-bond donors (Lipinski definition) is 1. The molecule has 4 nitrogen and oxygen atoms in total. The number of anilines is 1. The van der Waals surface area contributed by atoms with Crippen molar-refractivity contribution in [3.63, 3.8) is 0 Å². The van der Waals surface area contributed by atoms with E-state index in [9.17, 15) is 5.11 Å². The van der Waals surface area contributed by atoms with Crippen LogP contribution in [0.15, 0.2) is 18.3 Å². The van der Waals surface area contributed by atoms with Crippen molar-refractivity contribution in [3.8, 4) is 0 Å². The first-order valence-electron chi connectivity index (χ1n) is 7.24. The minimum Gasteiger partial charge on any atom is -0.389 e. The highest BCUT2D eigenvalue weighted by Crippen LogP contribution is 2.20. The summed E-state index contributed by atoms with van der Waals surface area (Å²) >= 11 is 0. The van der Waals surface area contributed by atoms with E-state index in [2.05, 4.69) is 28.6 Å². The third kappa shape index (κ3) is 3.45. The van der Waals surface area contributed by atoms with Gasteiger partial charge in [0.15, 0.2) is 0 Å². The molecule has 2 heterocycles. The highest BCUT2D eigenvalue weighted by molar-refractivity contribution is 5.42. The number of hydrogen-bond acceptors (Lipinski definition) is 4. The Morgan fingerprint density at radius 2 is 1.95 bits per heavy atom. The molecule has 0 amide bonds. The molecular weight excluding hydrogens is 238 g/mol. The van der Waals surface area contributed by atoms with Crippen molar-refractivity contribution in [2.75, 3.05) is 31.1 Å². The minimum atomic E-state index is -0.428. The molecule has 1 unspecified atom stereocenters. The van der Waals surface area contributed by atoms with Gasteiger partial charge >= 0.3 is 0 Å². The van der Waals surface area contributed by atoms with Gasteiger partial charge in [0, 0.05) is 38.4 Å². The molecule has 1 aromatic heterocycles. The van der Waals surface area contributed by atoms with E-state index in [1.54, 1.807) is 13.1 Å². The van der Waals surface area contributed by atoms with Gasteiger partial charge in [-0.15, -0.1) is 0 Å². The van der Waals surface area contributed by atoms with Gasteiger partial charge in [0.2, 0.25) is 0 Å². The Kier molecular flexibility index (Phi) is 4.77. The summed E-state index contributed by atoms with van der Waals surface area (Å²) in [6.45, 7) is 10.5. The second-order valence-corrected chi connectivity index (χ2v) is 5.40. The number of aromatic nitrogens is 1. The maximum absolute atomic E-state index is 9.64. The predicted molar refractivity (Wildman–Crippen MR) is 78.4 cm³/mol. The molecule has 106 valence electrons. The Morgan fingerprint density at radius 3 is 2.53 bits per heavy atom. The van der Waals surface area contributed by atoms with E-state index in [4.69, 9.17) is 0 Å². The van der Waals surface area contributed by atoms with E-state index in [-0.39, 0.29) is 0 Å². The maximum Gasteiger partial charge on any atom is 0.128 e. The van der Waals surface area contributed by atoms with Crippen LogP contribution >= 0.6 is 0 Å². The molecule has 0 spiro atoms. The number of aliphatic hydroxyl groups excluding tert-OH is 1. The first-order valence-corrected chi connectivity index (χ1v) is 7.24. The number of rotatable bonds is 4. The second kappa shape index (κ2) is 6.35. The van der Waals surface area contributed by atoms with Crippen molar-refractivity contribution in [1.29, 1.82) is 0 Å². The third-order valence-electron chi connectivity index (χ3n) is 4.10. The zero-order valence-electron chi connectivity index (χ0n) is 12.2. The number of pyridine rings is 1. The normalized spacial score (nSPS) is 20.3. The van der Waals surface area contributed by atoms with Gasteiger partial charge in [-0.2, -0.15) is 0 Å². The lowest BCUT2D eigenvalue weighted by Crippen LogP contribution is -2.49. The molecule has 2 atom stereocenters. The van der Waals surface area contributed by atoms with Crippen LogP contribution in [-0.4, -0.2) is 47.2 Å². The number of aliphatic hydroxyl groups is 1. The molecular formula is C15H25N3O. The lowest BCUT2D eigenvalue weighted by atomic mass is 10.1. The van der Waals surface area contributed by atoms with Crippen LogP contribution in [0.1, 0.15) is 38.9 Å². The Balaban J connectivity index is 1.99. The van der Waals surface area contributed by atoms with Crippen molar-refractivity contribution in [3.05, 3.63) is 23.9 Å². The fourth-order valence-electron chi connectivity index (χ4n) is 2.52. The SMILES string of the molecule is CCC(C)N1CCN(c2cc([C@H](C)O)ccn2)CC1. The zero-order chi connectivity index (χ0) is 13.8. The van der Waals surface area contributed by atoms with Gasteiger partial charge in [0.05, 0.1) is 6.10 Å². The van der Waals surface area contributed by atoms with Gasteiger partial charge in [-0.25, -0.2) is 4.98 Å². The molecule has 19 heavy (non-hydrogen) atoms. The van der Waals surface area contributed by atoms with E-state index in [0.29, 0.717) is 6.04 Å². The fourth-order valence-corrected chi connectivity index (χ4v) is 2.52. The summed E-state index contributed by atoms with van der Waals surface area (Å²) in [5, 5.41) is 9.64. The average Bonchev–Trinajstić information content (AvgIpc) is 2.46. The van der Waals surface area contributed by atoms with E-state index in [1.165, 1.54) is 6.42 Å². The molecule has 0 saturated carbocycles. The summed E-state index contributed by atoms with van der Waals surface area (Å²) in [5.41, 5.74) is 0.939. The molecule has 2 rings (SSSR count). The van der Waals surface area contributed by atoms with Crippen LogP contribution in [-0.2, 0) is 0 Å². The van der Waals surface area contributed by atoms with Crippen LogP contribution in [0, 0.1) is 0 Å². The van der Waals surface area contributed by atoms with Gasteiger partial charge in [-0.3, -0.25) is 4.90 Å². The topological polar surface area (TPSA) is 39.6 Å². The van der Waals surface area contributed by atoms with E-state index in [0.717, 1.165) is 37.6 Å². The summed E-state index contributed by atoms with van der Waals surface area (Å²) in [7, 11) is 0. The highest BCUT2D eigenvalue weighted by atomic mass is 16.3. The Hall–Kier alpha value is -1.13. The van der Waals surface area contributed by atoms with Crippen LogP contribution in [0.25, 0.3) is 0 Å². The van der Waals surface area contributed by atoms with Crippen molar-refractivity contribution in [2.45, 2.75) is 39.3 Å². The molecule has 1 saturated heterocycles. The zero-order valence-corrected chi connectivity index (χ0v) is 12.2. The molecule has 1 N–H and O–H groups in total. The van der Waals surface area contributed by atoms with Crippen LogP contribution in [0.2, 0.25) is 0 Å². The fraction of sp³-hybridized carbons (Fsp3) is 0.667. The minimum absolute atomic E-state index is 0.428. The summed E-state index contributed by atoms with van der Waals surface area (Å²) in [5.74, 6) is 0.988. The number of piperazine rings is 1. The molecule has 0 radical (unpaired) electrons. The van der Waals surface area contributed by atoms with Gasteiger partial charge in [0.1, 0.15) is 5.82 Å². The van der Waals surface area contributed by atoms with Crippen molar-refractivity contribution in [1.82, 2.24) is 9.88 Å². The maximum atomic E-state index is 9.64. The summed E-state index contributed by atoms with van der Waals surface area (Å²) in [4.78, 5) is 9.28. The molecule has 4 heteroatoms. The Labute approximate surface area is 116 Å². The Bertz CT molecular complexity index is 400. The summed E-state index contributed by atoms with van der Waals surface area (Å²) in [6.07, 6.45) is 2.57. The quantitative estimate of drug-likeness (QED) is 0.902. The van der Waals surface area contributed by atoms with Gasteiger partial charge < -0.3 is 10.0 Å². The van der Waals surface area contributed by atoms with Crippen LogP contribution in [0.5, 0.6) is 0 Å². The van der Waals surface area contributed by atoms with Gasteiger partial charge in [-0.1, -0.05) is 6.92 Å². The summed E-state index contributed by atoms with van der Waals surface area (Å²) < 4.78 is 0. The van der Waals surface area contributed by atoms with Crippen molar-refractivity contribution < 1.29 is 5.11 Å². The first kappa shape index (κ1) is 14.3. The van der Waals surface area contributed by atoms with E-state index < -0.39 is 6.10 Å². The standard InChI is InChI=1S/C15H25N3O/c1-4-12(2)17-7-9-18(10-8-17)15-11-14(13(3)19)5-6-16-15/h5-6,11-13,19H,4,7-10H2,1-3H3/t12?,13-/m0/s1. The second-order valence-electron chi connectivity index (χ2n) is 5.40. The largest absolute Gasteiger partial charge is 0.389 e. The molecule has 0 bridgehead atoms. The van der Waals surface area contributed by atoms with Crippen LogP contribution < -0.4 is 4.90 Å². The average molecular weight is 263 g/mol. The molecule has 1 aliphatic rings. The molecule has 1 aliphatic heterocycles. The highest BCUT2D eigenvalue weighted by Gasteiger charge is 2.21. The van der Waals surface area contributed by atoms with E-state index in [1.807, 2.05) is 12.1 Å². The van der Waals surface area contributed by atoms with Gasteiger partial charge in [0.25, 0.3) is 0 Å². The van der Waals surface area contributed by atoms with Crippen LogP contribution in [0.3, 0.4) is 0 Å². The monoisotopic (exact) mass is 263 g/mol. The Morgan fingerprint density at radius 1 is 1.26 bits per heavy atom. The van der Waals surface area contributed by atoms with Crippen molar-refractivity contribution >= 4 is 5.82 Å². The molecule has 1 fully saturated rings. The summed E-state index contributed by atoms with van der Waals surface area (Å²) in [6, 6.07) is 4.55. The first-order chi connectivity index (χ1) is 9.11.